The van der Waals surface area contributed by atoms with Crippen LogP contribution in [0.25, 0.3) is 6.08 Å². The molecule has 1 fully saturated rings. The summed E-state index contributed by atoms with van der Waals surface area (Å²) in [5.41, 5.74) is 1.42. The molecule has 1 aliphatic heterocycles. The fourth-order valence-corrected chi connectivity index (χ4v) is 7.83. The van der Waals surface area contributed by atoms with Crippen molar-refractivity contribution in [2.45, 2.75) is 142 Å². The summed E-state index contributed by atoms with van der Waals surface area (Å²) in [5, 5.41) is 3.33. The molecular formula is C31H59NO6S2Si2. The standard InChI is InChI=1S/C31H59NO6S2Si2/c1-23(20-36-41(11,12)29(4,5)6)16-15-17-31(22-35-40(10,33)34)28(37-31)19-27(38-42(13,14)30(7,8)9)24(2)18-26-21-39-25(3)32-26/h18,21,23,27-28H,15-17,19-20,22H2,1-14H3/b24-18+/t23-,27-,28-,31-/m0/s1. The lowest BCUT2D eigenvalue weighted by Gasteiger charge is -2.39. The van der Waals surface area contributed by atoms with Gasteiger partial charge in [0.2, 0.25) is 0 Å². The topological polar surface area (TPSA) is 87.3 Å². The van der Waals surface area contributed by atoms with Gasteiger partial charge in [-0.15, -0.1) is 11.3 Å². The molecular weight excluding hydrogens is 603 g/mol. The summed E-state index contributed by atoms with van der Waals surface area (Å²) >= 11 is 1.63. The lowest BCUT2D eigenvalue weighted by molar-refractivity contribution is 0.172. The van der Waals surface area contributed by atoms with E-state index in [1.807, 2.05) is 6.92 Å². The molecule has 0 unspecified atom stereocenters. The summed E-state index contributed by atoms with van der Waals surface area (Å²) in [6.07, 6.45) is 6.19. The fourth-order valence-electron chi connectivity index (χ4n) is 4.36. The summed E-state index contributed by atoms with van der Waals surface area (Å²) in [6.45, 7) is 29.7. The van der Waals surface area contributed by atoms with Gasteiger partial charge in [0.15, 0.2) is 16.6 Å². The molecule has 1 aromatic heterocycles. The molecule has 1 saturated heterocycles. The Morgan fingerprint density at radius 1 is 1.14 bits per heavy atom. The van der Waals surface area contributed by atoms with Gasteiger partial charge in [-0.1, -0.05) is 54.9 Å². The number of aryl methyl sites for hydroxylation is 1. The number of aromatic nitrogens is 1. The van der Waals surface area contributed by atoms with Gasteiger partial charge in [0.05, 0.1) is 35.8 Å². The van der Waals surface area contributed by atoms with Gasteiger partial charge in [-0.3, -0.25) is 4.18 Å². The normalized spacial score (nSPS) is 22.3. The van der Waals surface area contributed by atoms with Gasteiger partial charge >= 0.3 is 0 Å². The Kier molecular flexibility index (Phi) is 12.5. The Bertz CT molecular complexity index is 1170. The maximum absolute atomic E-state index is 12.0. The van der Waals surface area contributed by atoms with Crippen molar-refractivity contribution < 1.29 is 26.2 Å². The third-order valence-corrected chi connectivity index (χ3v) is 19.8. The fraction of sp³-hybridized carbons (Fsp3) is 0.839. The zero-order valence-electron chi connectivity index (χ0n) is 28.8. The molecule has 0 spiro atoms. The SMILES string of the molecule is C/C(=C\c1csc(C)n1)[C@H](C[C@@H]1O[C@@]1(CCC[C@H](C)CO[Si](C)(C)C(C)(C)C)COS(C)(=O)=O)O[Si](C)(C)C(C)(C)C. The number of nitrogens with zero attached hydrogens (tertiary/aromatic N) is 1. The second-order valence-electron chi connectivity index (χ2n) is 15.5. The van der Waals surface area contributed by atoms with Crippen molar-refractivity contribution in [3.8, 4) is 0 Å². The van der Waals surface area contributed by atoms with Crippen LogP contribution in [0.2, 0.25) is 36.3 Å². The van der Waals surface area contributed by atoms with Crippen molar-refractivity contribution in [3.63, 3.8) is 0 Å². The zero-order valence-corrected chi connectivity index (χ0v) is 32.5. The van der Waals surface area contributed by atoms with Crippen molar-refractivity contribution in [1.29, 1.82) is 0 Å². The molecule has 7 nitrogen and oxygen atoms in total. The summed E-state index contributed by atoms with van der Waals surface area (Å²) in [4.78, 5) is 4.63. The van der Waals surface area contributed by atoms with E-state index < -0.39 is 32.4 Å². The van der Waals surface area contributed by atoms with Crippen LogP contribution < -0.4 is 0 Å². The van der Waals surface area contributed by atoms with E-state index in [9.17, 15) is 8.42 Å². The van der Waals surface area contributed by atoms with Crippen molar-refractivity contribution >= 4 is 44.2 Å². The first-order valence-electron chi connectivity index (χ1n) is 15.3. The molecule has 1 aromatic rings. The third kappa shape index (κ3) is 11.2. The molecule has 4 atom stereocenters. The van der Waals surface area contributed by atoms with Crippen molar-refractivity contribution in [2.24, 2.45) is 5.92 Å². The molecule has 0 aliphatic carbocycles. The number of ether oxygens (including phenoxy) is 1. The monoisotopic (exact) mass is 661 g/mol. The third-order valence-electron chi connectivity index (χ3n) is 9.45. The lowest BCUT2D eigenvalue weighted by Crippen LogP contribution is -2.44. The maximum atomic E-state index is 12.0. The highest BCUT2D eigenvalue weighted by Gasteiger charge is 2.57. The Hall–Kier alpha value is -0.406. The van der Waals surface area contributed by atoms with Gasteiger partial charge in [-0.05, 0) is 80.5 Å². The number of epoxide rings is 1. The molecule has 0 amide bonds. The number of rotatable bonds is 16. The van der Waals surface area contributed by atoms with Crippen LogP contribution in [0.15, 0.2) is 11.0 Å². The van der Waals surface area contributed by atoms with Crippen LogP contribution in [-0.4, -0.2) is 67.3 Å². The molecule has 244 valence electrons. The molecule has 42 heavy (non-hydrogen) atoms. The first-order chi connectivity index (χ1) is 18.9. The van der Waals surface area contributed by atoms with E-state index in [1.54, 1.807) is 11.3 Å². The molecule has 1 aliphatic rings. The maximum Gasteiger partial charge on any atom is 0.264 e. The minimum absolute atomic E-state index is 0.0339. The number of hydrogen-bond donors (Lipinski definition) is 0. The second-order valence-corrected chi connectivity index (χ2v) is 27.8. The van der Waals surface area contributed by atoms with Gasteiger partial charge < -0.3 is 13.6 Å². The summed E-state index contributed by atoms with van der Waals surface area (Å²) in [7, 11) is -7.49. The minimum Gasteiger partial charge on any atom is -0.417 e. The van der Waals surface area contributed by atoms with Gasteiger partial charge in [0, 0.05) is 18.4 Å². The molecule has 0 aromatic carbocycles. The molecule has 0 N–H and O–H groups in total. The summed E-state index contributed by atoms with van der Waals surface area (Å²) < 4.78 is 49.0. The Morgan fingerprint density at radius 3 is 2.24 bits per heavy atom. The first-order valence-corrected chi connectivity index (χ1v) is 23.8. The molecule has 11 heteroatoms. The van der Waals surface area contributed by atoms with E-state index in [4.69, 9.17) is 17.8 Å². The van der Waals surface area contributed by atoms with Gasteiger partial charge in [-0.2, -0.15) is 8.42 Å². The molecule has 0 saturated carbocycles. The highest BCUT2D eigenvalue weighted by Crippen LogP contribution is 2.47. The highest BCUT2D eigenvalue weighted by molar-refractivity contribution is 7.86. The largest absolute Gasteiger partial charge is 0.417 e. The lowest BCUT2D eigenvalue weighted by atomic mass is 9.92. The van der Waals surface area contributed by atoms with Crippen molar-refractivity contribution in [2.75, 3.05) is 19.5 Å². The van der Waals surface area contributed by atoms with Crippen LogP contribution in [0.4, 0.5) is 0 Å². The molecule has 0 radical (unpaired) electrons. The number of hydrogen-bond acceptors (Lipinski definition) is 8. The van der Waals surface area contributed by atoms with Crippen molar-refractivity contribution in [3.05, 3.63) is 21.7 Å². The molecule has 0 bridgehead atoms. The van der Waals surface area contributed by atoms with Crippen LogP contribution in [0.3, 0.4) is 0 Å². The van der Waals surface area contributed by atoms with E-state index in [0.29, 0.717) is 12.3 Å². The predicted molar refractivity (Wildman–Crippen MR) is 182 cm³/mol. The smallest absolute Gasteiger partial charge is 0.264 e. The summed E-state index contributed by atoms with van der Waals surface area (Å²) in [5.74, 6) is 0.408. The summed E-state index contributed by atoms with van der Waals surface area (Å²) in [6, 6.07) is 0. The van der Waals surface area contributed by atoms with E-state index in [2.05, 4.69) is 98.0 Å². The van der Waals surface area contributed by atoms with E-state index in [-0.39, 0.29) is 28.9 Å². The first kappa shape index (κ1) is 37.8. The molecule has 2 heterocycles. The quantitative estimate of drug-likeness (QED) is 0.0996. The average molecular weight is 662 g/mol. The number of thiazole rings is 1. The Labute approximate surface area is 263 Å². The van der Waals surface area contributed by atoms with Gasteiger partial charge in [-0.25, -0.2) is 4.98 Å². The van der Waals surface area contributed by atoms with E-state index >= 15 is 0 Å². The van der Waals surface area contributed by atoms with Crippen LogP contribution in [0.1, 0.15) is 91.8 Å². The van der Waals surface area contributed by atoms with Crippen LogP contribution in [-0.2, 0) is 27.9 Å². The second kappa shape index (κ2) is 13.9. The Balaban J connectivity index is 2.17. The van der Waals surface area contributed by atoms with Crippen LogP contribution in [0, 0.1) is 12.8 Å². The van der Waals surface area contributed by atoms with E-state index in [1.165, 1.54) is 0 Å². The van der Waals surface area contributed by atoms with E-state index in [0.717, 1.165) is 48.4 Å². The average Bonchev–Trinajstić information content (AvgIpc) is 3.32. The van der Waals surface area contributed by atoms with Crippen LogP contribution in [0.5, 0.6) is 0 Å². The predicted octanol–water partition coefficient (Wildman–Crippen LogP) is 8.58. The van der Waals surface area contributed by atoms with Crippen LogP contribution >= 0.6 is 11.3 Å². The Morgan fingerprint density at radius 2 is 1.74 bits per heavy atom. The minimum atomic E-state index is -3.59. The zero-order chi connectivity index (χ0) is 32.4. The highest BCUT2D eigenvalue weighted by atomic mass is 32.2. The molecule has 2 rings (SSSR count). The van der Waals surface area contributed by atoms with Crippen molar-refractivity contribution in [1.82, 2.24) is 4.98 Å². The van der Waals surface area contributed by atoms with Gasteiger partial charge in [0.1, 0.15) is 5.60 Å². The van der Waals surface area contributed by atoms with Gasteiger partial charge in [0.25, 0.3) is 10.1 Å².